The van der Waals surface area contributed by atoms with Gasteiger partial charge in [0, 0.05) is 29.9 Å². The summed E-state index contributed by atoms with van der Waals surface area (Å²) in [6, 6.07) is 13.6. The van der Waals surface area contributed by atoms with Crippen LogP contribution in [0, 0.1) is 5.92 Å². The number of nitrogens with zero attached hydrogens (tertiary/aromatic N) is 1. The minimum Gasteiger partial charge on any atom is -0.467 e. The molecule has 46 heavy (non-hydrogen) atoms. The lowest BCUT2D eigenvalue weighted by molar-refractivity contribution is -0.145. The molecule has 3 N–H and O–H groups in total. The van der Waals surface area contributed by atoms with Crippen LogP contribution in [-0.4, -0.2) is 73.4 Å². The number of fused-ring (bicyclic) bond motifs is 1. The van der Waals surface area contributed by atoms with E-state index < -0.39 is 48.0 Å². The van der Waals surface area contributed by atoms with Crippen LogP contribution in [0.3, 0.4) is 0 Å². The smallest absolute Gasteiger partial charge is 0.408 e. The number of carbonyl (C=O) groups excluding carboxylic acids is 5. The molecule has 0 saturated heterocycles. The first-order chi connectivity index (χ1) is 22.1. The lowest BCUT2D eigenvalue weighted by Gasteiger charge is -2.23. The number of esters is 2. The maximum absolute atomic E-state index is 13.5. The van der Waals surface area contributed by atoms with Crippen molar-refractivity contribution in [2.75, 3.05) is 20.8 Å². The second kappa shape index (κ2) is 17.4. The normalized spacial score (nSPS) is 12.8. The van der Waals surface area contributed by atoms with Crippen LogP contribution in [0.5, 0.6) is 0 Å². The summed E-state index contributed by atoms with van der Waals surface area (Å²) < 4.78 is 16.6. The molecule has 12 nitrogen and oxygen atoms in total. The molecule has 0 spiro atoms. The molecule has 0 bridgehead atoms. The van der Waals surface area contributed by atoms with E-state index in [1.807, 2.05) is 68.4 Å². The molecule has 3 aromatic rings. The van der Waals surface area contributed by atoms with E-state index >= 15 is 0 Å². The van der Waals surface area contributed by atoms with E-state index in [2.05, 4.69) is 22.5 Å². The molecule has 0 saturated carbocycles. The van der Waals surface area contributed by atoms with Gasteiger partial charge >= 0.3 is 18.0 Å². The van der Waals surface area contributed by atoms with Gasteiger partial charge in [0.05, 0.1) is 14.2 Å². The average Bonchev–Trinajstić information content (AvgIpc) is 3.38. The molecule has 0 aliphatic heterocycles. The van der Waals surface area contributed by atoms with Gasteiger partial charge in [0.1, 0.15) is 31.3 Å². The Morgan fingerprint density at radius 2 is 1.48 bits per heavy atom. The Bertz CT molecular complexity index is 1520. The molecule has 0 radical (unpaired) electrons. The second-order valence-electron chi connectivity index (χ2n) is 11.1. The Kier molecular flexibility index (Phi) is 13.4. The lowest BCUT2D eigenvalue weighted by Crippen LogP contribution is -2.53. The monoisotopic (exact) mass is 634 g/mol. The van der Waals surface area contributed by atoms with Gasteiger partial charge in [0.2, 0.25) is 11.8 Å². The summed E-state index contributed by atoms with van der Waals surface area (Å²) in [4.78, 5) is 64.2. The van der Waals surface area contributed by atoms with Gasteiger partial charge in [-0.1, -0.05) is 75.0 Å². The first kappa shape index (κ1) is 35.4. The standard InChI is InChI=1S/C34H42N4O8/c1-6-16-46-34(43)37-26(31(40)36-27(17-22(2)3)32(41)44-4)19-24-20-38(29-15-11-10-14-25(24)29)21-30(39)35-28(33(42)45-5)18-23-12-8-7-9-13-23/h6-15,20,22,26-28H,1,16-19,21H2,2-5H3,(H,35,39)(H,36,40)(H,37,43)/t26-,27-,28-/m0/s1. The summed E-state index contributed by atoms with van der Waals surface area (Å²) in [5, 5.41) is 8.81. The molecule has 1 aromatic heterocycles. The molecular formula is C34H42N4O8. The van der Waals surface area contributed by atoms with Crippen molar-refractivity contribution in [1.29, 1.82) is 0 Å². The third-order valence-electron chi connectivity index (χ3n) is 7.16. The van der Waals surface area contributed by atoms with Crippen LogP contribution >= 0.6 is 0 Å². The van der Waals surface area contributed by atoms with E-state index in [0.717, 1.165) is 10.9 Å². The van der Waals surface area contributed by atoms with Gasteiger partial charge in [-0.15, -0.1) is 0 Å². The average molecular weight is 635 g/mol. The van der Waals surface area contributed by atoms with E-state index in [-0.39, 0.29) is 31.9 Å². The highest BCUT2D eigenvalue weighted by Crippen LogP contribution is 2.23. The molecular weight excluding hydrogens is 592 g/mol. The van der Waals surface area contributed by atoms with Crippen molar-refractivity contribution < 1.29 is 38.2 Å². The van der Waals surface area contributed by atoms with Crippen LogP contribution in [0.4, 0.5) is 4.79 Å². The van der Waals surface area contributed by atoms with Crippen molar-refractivity contribution in [2.45, 2.75) is 57.8 Å². The van der Waals surface area contributed by atoms with E-state index in [1.54, 1.807) is 10.8 Å². The van der Waals surface area contributed by atoms with Gasteiger partial charge in [0.15, 0.2) is 0 Å². The van der Waals surface area contributed by atoms with Gasteiger partial charge < -0.3 is 34.7 Å². The van der Waals surface area contributed by atoms with Crippen molar-refractivity contribution in [2.24, 2.45) is 5.92 Å². The highest BCUT2D eigenvalue weighted by Gasteiger charge is 2.30. The van der Waals surface area contributed by atoms with Crippen LogP contribution < -0.4 is 16.0 Å². The quantitative estimate of drug-likeness (QED) is 0.123. The fourth-order valence-electron chi connectivity index (χ4n) is 5.04. The largest absolute Gasteiger partial charge is 0.467 e. The molecule has 246 valence electrons. The van der Waals surface area contributed by atoms with Crippen molar-refractivity contribution in [3.8, 4) is 0 Å². The number of aromatic nitrogens is 1. The van der Waals surface area contributed by atoms with Crippen LogP contribution in [0.1, 0.15) is 31.4 Å². The molecule has 0 unspecified atom stereocenters. The summed E-state index contributed by atoms with van der Waals surface area (Å²) in [5.41, 5.74) is 2.21. The Labute approximate surface area is 268 Å². The van der Waals surface area contributed by atoms with E-state index in [4.69, 9.17) is 14.2 Å². The molecule has 2 aromatic carbocycles. The van der Waals surface area contributed by atoms with Gasteiger partial charge in [0.25, 0.3) is 0 Å². The van der Waals surface area contributed by atoms with Crippen LogP contribution in [0.2, 0.25) is 0 Å². The summed E-state index contributed by atoms with van der Waals surface area (Å²) in [7, 11) is 2.51. The first-order valence-electron chi connectivity index (χ1n) is 15.0. The zero-order valence-corrected chi connectivity index (χ0v) is 26.6. The summed E-state index contributed by atoms with van der Waals surface area (Å²) in [5.74, 6) is -2.13. The minimum atomic E-state index is -1.14. The third kappa shape index (κ3) is 10.2. The zero-order chi connectivity index (χ0) is 33.6. The predicted octanol–water partition coefficient (Wildman–Crippen LogP) is 3.07. The van der Waals surface area contributed by atoms with Crippen molar-refractivity contribution >= 4 is 40.7 Å². The molecule has 3 rings (SSSR count). The van der Waals surface area contributed by atoms with Gasteiger partial charge in [-0.25, -0.2) is 14.4 Å². The summed E-state index contributed by atoms with van der Waals surface area (Å²) in [6.45, 7) is 7.14. The van der Waals surface area contributed by atoms with Crippen molar-refractivity contribution in [3.63, 3.8) is 0 Å². The number of hydrogen-bond acceptors (Lipinski definition) is 8. The fourth-order valence-corrected chi connectivity index (χ4v) is 5.04. The Balaban J connectivity index is 1.87. The van der Waals surface area contributed by atoms with E-state index in [9.17, 15) is 24.0 Å². The number of amides is 3. The Morgan fingerprint density at radius 1 is 0.826 bits per heavy atom. The van der Waals surface area contributed by atoms with Gasteiger partial charge in [-0.3, -0.25) is 9.59 Å². The second-order valence-corrected chi connectivity index (χ2v) is 11.1. The Hall–Kier alpha value is -5.13. The molecule has 0 aliphatic carbocycles. The van der Waals surface area contributed by atoms with Crippen molar-refractivity contribution in [1.82, 2.24) is 20.5 Å². The maximum atomic E-state index is 13.5. The van der Waals surface area contributed by atoms with E-state index in [1.165, 1.54) is 20.3 Å². The lowest BCUT2D eigenvalue weighted by atomic mass is 10.0. The SMILES string of the molecule is C=CCOC(=O)N[C@@H](Cc1cn(CC(=O)N[C@@H](Cc2ccccc2)C(=O)OC)c2ccccc12)C(=O)N[C@@H](CC(C)C)C(=O)OC. The molecule has 3 amide bonds. The van der Waals surface area contributed by atoms with Crippen LogP contribution in [-0.2, 0) is 52.8 Å². The van der Waals surface area contributed by atoms with Gasteiger partial charge in [-0.05, 0) is 29.5 Å². The zero-order valence-electron chi connectivity index (χ0n) is 26.6. The predicted molar refractivity (Wildman–Crippen MR) is 172 cm³/mol. The number of para-hydroxylation sites is 1. The summed E-state index contributed by atoms with van der Waals surface area (Å²) in [6.07, 6.45) is 2.88. The van der Waals surface area contributed by atoms with Crippen molar-refractivity contribution in [3.05, 3.63) is 84.6 Å². The number of carbonyl (C=O) groups is 5. The highest BCUT2D eigenvalue weighted by atomic mass is 16.5. The number of hydrogen-bond donors (Lipinski definition) is 3. The number of benzene rings is 2. The molecule has 1 heterocycles. The first-order valence-corrected chi connectivity index (χ1v) is 15.0. The summed E-state index contributed by atoms with van der Waals surface area (Å²) >= 11 is 0. The number of ether oxygens (including phenoxy) is 3. The molecule has 12 heteroatoms. The maximum Gasteiger partial charge on any atom is 0.408 e. The van der Waals surface area contributed by atoms with Gasteiger partial charge in [-0.2, -0.15) is 0 Å². The Morgan fingerprint density at radius 3 is 2.13 bits per heavy atom. The van der Waals surface area contributed by atoms with Crippen LogP contribution in [0.25, 0.3) is 10.9 Å². The van der Waals surface area contributed by atoms with Crippen LogP contribution in [0.15, 0.2) is 73.4 Å². The number of methoxy groups -OCH3 is 2. The van der Waals surface area contributed by atoms with E-state index in [0.29, 0.717) is 17.5 Å². The molecule has 0 aliphatic rings. The molecule has 3 atom stereocenters. The minimum absolute atomic E-state index is 0.0124. The number of alkyl carbamates (subject to hydrolysis) is 1. The molecule has 0 fully saturated rings. The fraction of sp³-hybridized carbons (Fsp3) is 0.382. The highest BCUT2D eigenvalue weighted by molar-refractivity contribution is 5.92. The topological polar surface area (TPSA) is 154 Å². The number of rotatable bonds is 16. The number of nitrogens with one attached hydrogen (secondary N) is 3. The third-order valence-corrected chi connectivity index (χ3v) is 7.16.